The average molecular weight is 433 g/mol. The molecule has 0 aliphatic carbocycles. The van der Waals surface area contributed by atoms with Gasteiger partial charge in [-0.25, -0.2) is 4.98 Å². The third kappa shape index (κ3) is 3.89. The summed E-state index contributed by atoms with van der Waals surface area (Å²) in [6.07, 6.45) is 1.74. The Balaban J connectivity index is 1.49. The van der Waals surface area contributed by atoms with Gasteiger partial charge in [-0.3, -0.25) is 4.79 Å². The smallest absolute Gasteiger partial charge is 0.254 e. The summed E-state index contributed by atoms with van der Waals surface area (Å²) in [5.74, 6) is 1.77. The van der Waals surface area contributed by atoms with E-state index in [1.54, 1.807) is 29.3 Å². The molecule has 0 spiro atoms. The first kappa shape index (κ1) is 19.3. The van der Waals surface area contributed by atoms with Crippen LogP contribution in [0.15, 0.2) is 64.6 Å². The van der Waals surface area contributed by atoms with Gasteiger partial charge in [-0.05, 0) is 25.1 Å². The molecule has 1 aliphatic rings. The van der Waals surface area contributed by atoms with Gasteiger partial charge in [-0.15, -0.1) is 11.3 Å². The van der Waals surface area contributed by atoms with Crippen molar-refractivity contribution < 1.29 is 18.8 Å². The van der Waals surface area contributed by atoms with Crippen LogP contribution in [-0.2, 0) is 13.1 Å². The summed E-state index contributed by atoms with van der Waals surface area (Å²) in [6, 6.07) is 15.0. The molecule has 1 amide bonds. The van der Waals surface area contributed by atoms with E-state index >= 15 is 0 Å². The summed E-state index contributed by atoms with van der Waals surface area (Å²) in [7, 11) is 0. The first-order valence-electron chi connectivity index (χ1n) is 9.77. The Hall–Kier alpha value is -3.65. The van der Waals surface area contributed by atoms with Crippen LogP contribution < -0.4 is 9.47 Å². The highest BCUT2D eigenvalue weighted by atomic mass is 32.1. The normalized spacial score (nSPS) is 12.2. The zero-order chi connectivity index (χ0) is 21.2. The minimum Gasteiger partial charge on any atom is -0.454 e. The summed E-state index contributed by atoms with van der Waals surface area (Å²) in [6.45, 7) is 2.74. The highest BCUT2D eigenvalue weighted by molar-refractivity contribution is 7.09. The monoisotopic (exact) mass is 433 g/mol. The zero-order valence-corrected chi connectivity index (χ0v) is 17.6. The Morgan fingerprint density at radius 2 is 1.94 bits per heavy atom. The lowest BCUT2D eigenvalue weighted by Gasteiger charge is -2.22. The maximum Gasteiger partial charge on any atom is 0.254 e. The maximum atomic E-state index is 13.5. The Bertz CT molecular complexity index is 1210. The van der Waals surface area contributed by atoms with Crippen molar-refractivity contribution in [1.29, 1.82) is 0 Å². The molecule has 2 aromatic carbocycles. The SMILES string of the molecule is Cc1onc(-c2ccccc2)c1CN(Cc1nccs1)C(=O)c1ccc2c(c1)OCO2. The van der Waals surface area contributed by atoms with Crippen LogP contribution in [0, 0.1) is 6.92 Å². The summed E-state index contributed by atoms with van der Waals surface area (Å²) >= 11 is 1.51. The number of nitrogens with zero attached hydrogens (tertiary/aromatic N) is 3. The second kappa shape index (κ2) is 8.23. The van der Waals surface area contributed by atoms with Crippen LogP contribution in [0.25, 0.3) is 11.3 Å². The molecule has 0 bridgehead atoms. The van der Waals surface area contributed by atoms with E-state index in [-0.39, 0.29) is 12.7 Å². The first-order valence-corrected chi connectivity index (χ1v) is 10.6. The second-order valence-corrected chi connectivity index (χ2v) is 8.07. The molecule has 0 saturated heterocycles. The van der Waals surface area contributed by atoms with E-state index in [9.17, 15) is 4.79 Å². The minimum absolute atomic E-state index is 0.131. The molecular weight excluding hydrogens is 414 g/mol. The zero-order valence-electron chi connectivity index (χ0n) is 16.8. The van der Waals surface area contributed by atoms with Gasteiger partial charge < -0.3 is 18.9 Å². The number of fused-ring (bicyclic) bond motifs is 1. The van der Waals surface area contributed by atoms with E-state index in [1.807, 2.05) is 42.6 Å². The lowest BCUT2D eigenvalue weighted by Crippen LogP contribution is -2.30. The number of ether oxygens (including phenoxy) is 2. The van der Waals surface area contributed by atoms with Gasteiger partial charge in [-0.1, -0.05) is 35.5 Å². The molecule has 0 N–H and O–H groups in total. The number of rotatable bonds is 6. The van der Waals surface area contributed by atoms with Crippen molar-refractivity contribution in [2.75, 3.05) is 6.79 Å². The van der Waals surface area contributed by atoms with Crippen molar-refractivity contribution in [3.8, 4) is 22.8 Å². The second-order valence-electron chi connectivity index (χ2n) is 7.09. The van der Waals surface area contributed by atoms with Crippen LogP contribution >= 0.6 is 11.3 Å². The number of carbonyl (C=O) groups is 1. The van der Waals surface area contributed by atoms with E-state index in [0.717, 1.165) is 21.8 Å². The quantitative estimate of drug-likeness (QED) is 0.439. The lowest BCUT2D eigenvalue weighted by atomic mass is 10.1. The summed E-state index contributed by atoms with van der Waals surface area (Å²) < 4.78 is 16.3. The molecule has 0 saturated carbocycles. The molecule has 156 valence electrons. The molecule has 0 atom stereocenters. The number of amides is 1. The van der Waals surface area contributed by atoms with E-state index in [0.29, 0.717) is 35.9 Å². The van der Waals surface area contributed by atoms with Gasteiger partial charge in [0.05, 0.1) is 13.1 Å². The van der Waals surface area contributed by atoms with Crippen LogP contribution in [-0.4, -0.2) is 27.7 Å². The maximum absolute atomic E-state index is 13.5. The van der Waals surface area contributed by atoms with Gasteiger partial charge in [0.2, 0.25) is 6.79 Å². The molecule has 31 heavy (non-hydrogen) atoms. The summed E-state index contributed by atoms with van der Waals surface area (Å²) in [4.78, 5) is 19.6. The van der Waals surface area contributed by atoms with Crippen LogP contribution in [0.2, 0.25) is 0 Å². The van der Waals surface area contributed by atoms with E-state index < -0.39 is 0 Å². The third-order valence-electron chi connectivity index (χ3n) is 5.10. The number of benzene rings is 2. The lowest BCUT2D eigenvalue weighted by molar-refractivity contribution is 0.0729. The Morgan fingerprint density at radius 1 is 1.10 bits per heavy atom. The third-order valence-corrected chi connectivity index (χ3v) is 5.86. The van der Waals surface area contributed by atoms with Gasteiger partial charge in [0.15, 0.2) is 11.5 Å². The van der Waals surface area contributed by atoms with Crippen molar-refractivity contribution in [3.05, 3.63) is 82.0 Å². The number of thiazole rings is 1. The molecule has 2 aromatic heterocycles. The Kier molecular flexibility index (Phi) is 5.13. The summed E-state index contributed by atoms with van der Waals surface area (Å²) in [5, 5.41) is 7.01. The van der Waals surface area contributed by atoms with Crippen molar-refractivity contribution in [2.45, 2.75) is 20.0 Å². The molecule has 5 rings (SSSR count). The molecular formula is C23H19N3O4S. The van der Waals surface area contributed by atoms with Crippen molar-refractivity contribution in [2.24, 2.45) is 0 Å². The van der Waals surface area contributed by atoms with Gasteiger partial charge in [0.25, 0.3) is 5.91 Å². The largest absolute Gasteiger partial charge is 0.454 e. The van der Waals surface area contributed by atoms with Crippen molar-refractivity contribution in [3.63, 3.8) is 0 Å². The van der Waals surface area contributed by atoms with Gasteiger partial charge in [-0.2, -0.15) is 0 Å². The molecule has 8 heteroatoms. The molecule has 0 fully saturated rings. The molecule has 1 aliphatic heterocycles. The van der Waals surface area contributed by atoms with Crippen molar-refractivity contribution in [1.82, 2.24) is 15.0 Å². The number of hydrogen-bond acceptors (Lipinski definition) is 7. The number of aryl methyl sites for hydroxylation is 1. The van der Waals surface area contributed by atoms with Crippen LogP contribution in [0.3, 0.4) is 0 Å². The number of aromatic nitrogens is 2. The van der Waals surface area contributed by atoms with E-state index in [4.69, 9.17) is 14.0 Å². The predicted molar refractivity (Wildman–Crippen MR) is 115 cm³/mol. The van der Waals surface area contributed by atoms with Crippen molar-refractivity contribution >= 4 is 17.2 Å². The van der Waals surface area contributed by atoms with Crippen LogP contribution in [0.4, 0.5) is 0 Å². The highest BCUT2D eigenvalue weighted by Crippen LogP contribution is 2.33. The molecule has 7 nitrogen and oxygen atoms in total. The van der Waals surface area contributed by atoms with E-state index in [2.05, 4.69) is 10.1 Å². The van der Waals surface area contributed by atoms with Gasteiger partial charge in [0.1, 0.15) is 16.5 Å². The number of carbonyl (C=O) groups excluding carboxylic acids is 1. The fraction of sp³-hybridized carbons (Fsp3) is 0.174. The van der Waals surface area contributed by atoms with Gasteiger partial charge >= 0.3 is 0 Å². The molecule has 0 radical (unpaired) electrons. The molecule has 4 aromatic rings. The first-order chi connectivity index (χ1) is 15.2. The Morgan fingerprint density at radius 3 is 2.74 bits per heavy atom. The van der Waals surface area contributed by atoms with Crippen LogP contribution in [0.5, 0.6) is 11.5 Å². The standard InChI is InChI=1S/C23H19N3O4S/c1-15-18(22(25-30-15)16-5-3-2-4-6-16)12-26(13-21-24-9-10-31-21)23(27)17-7-8-19-20(11-17)29-14-28-19/h2-11H,12-14H2,1H3. The Labute approximate surface area is 182 Å². The van der Waals surface area contributed by atoms with Crippen LogP contribution in [0.1, 0.15) is 26.7 Å². The molecule has 3 heterocycles. The fourth-order valence-corrected chi connectivity index (χ4v) is 4.13. The van der Waals surface area contributed by atoms with Gasteiger partial charge in [0, 0.05) is 28.3 Å². The van der Waals surface area contributed by atoms with E-state index in [1.165, 1.54) is 11.3 Å². The summed E-state index contributed by atoms with van der Waals surface area (Å²) in [5.41, 5.74) is 3.08. The number of hydrogen-bond donors (Lipinski definition) is 0. The highest BCUT2D eigenvalue weighted by Gasteiger charge is 2.25. The average Bonchev–Trinajstić information content (AvgIpc) is 3.55. The molecule has 0 unspecified atom stereocenters. The minimum atomic E-state index is -0.131. The topological polar surface area (TPSA) is 77.7 Å². The fourth-order valence-electron chi connectivity index (χ4n) is 3.50. The predicted octanol–water partition coefficient (Wildman–Crippen LogP) is 4.68.